The monoisotopic (exact) mass is 348 g/mol. The van der Waals surface area contributed by atoms with Gasteiger partial charge in [0, 0.05) is 13.5 Å². The average Bonchev–Trinajstić information content (AvgIpc) is 3.05. The zero-order valence-electron chi connectivity index (χ0n) is 12.6. The highest BCUT2D eigenvalue weighted by Gasteiger charge is 2.19. The smallest absolute Gasteiger partial charge is 0.0845 e. The van der Waals surface area contributed by atoms with Gasteiger partial charge in [-0.3, -0.25) is 4.68 Å². The molecule has 1 unspecified atom stereocenters. The third-order valence-corrected chi connectivity index (χ3v) is 5.31. The van der Waals surface area contributed by atoms with Gasteiger partial charge in [-0.25, -0.2) is 0 Å². The van der Waals surface area contributed by atoms with Crippen LogP contribution in [0.5, 0.6) is 0 Å². The van der Waals surface area contributed by atoms with E-state index in [-0.39, 0.29) is 0 Å². The van der Waals surface area contributed by atoms with Crippen LogP contribution in [0.3, 0.4) is 0 Å². The van der Waals surface area contributed by atoms with Crippen molar-refractivity contribution in [2.75, 3.05) is 0 Å². The lowest BCUT2D eigenvalue weighted by Crippen LogP contribution is -2.07. The van der Waals surface area contributed by atoms with Crippen LogP contribution in [0.15, 0.2) is 22.7 Å². The molecule has 2 aromatic rings. The summed E-state index contributed by atoms with van der Waals surface area (Å²) in [4.78, 5) is 0. The second-order valence-electron chi connectivity index (χ2n) is 5.79. The molecule has 0 saturated carbocycles. The molecule has 1 atom stereocenters. The summed E-state index contributed by atoms with van der Waals surface area (Å²) >= 11 is 3.62. The number of nitrogens with zero attached hydrogens (tertiary/aromatic N) is 2. The average molecular weight is 349 g/mol. The number of fused-ring (bicyclic) bond motifs is 1. The molecule has 1 heterocycles. The molecule has 21 heavy (non-hydrogen) atoms. The van der Waals surface area contributed by atoms with E-state index in [1.54, 1.807) is 0 Å². The minimum absolute atomic E-state index is 0.479. The molecule has 1 aromatic heterocycles. The highest BCUT2D eigenvalue weighted by atomic mass is 79.9. The summed E-state index contributed by atoms with van der Waals surface area (Å²) in [6, 6.07) is 6.43. The van der Waals surface area contributed by atoms with Crippen molar-refractivity contribution in [3.8, 4) is 0 Å². The number of aromatic nitrogens is 2. The number of aryl methyl sites for hydroxylation is 4. The molecule has 0 radical (unpaired) electrons. The van der Waals surface area contributed by atoms with Gasteiger partial charge in [0.15, 0.2) is 0 Å². The van der Waals surface area contributed by atoms with Crippen LogP contribution < -0.4 is 0 Å². The molecule has 3 nitrogen and oxygen atoms in total. The Bertz CT molecular complexity index is 663. The third-order valence-electron chi connectivity index (χ3n) is 4.40. The van der Waals surface area contributed by atoms with E-state index < -0.39 is 6.10 Å². The summed E-state index contributed by atoms with van der Waals surface area (Å²) in [5.41, 5.74) is 5.97. The largest absolute Gasteiger partial charge is 0.388 e. The number of aliphatic hydroxyl groups is 1. The predicted octanol–water partition coefficient (Wildman–Crippen LogP) is 3.51. The van der Waals surface area contributed by atoms with Gasteiger partial charge in [0.1, 0.15) is 0 Å². The first-order valence-corrected chi connectivity index (χ1v) is 8.39. The summed E-state index contributed by atoms with van der Waals surface area (Å²) in [5.74, 6) is 0. The van der Waals surface area contributed by atoms with Crippen LogP contribution in [-0.2, 0) is 32.7 Å². The third kappa shape index (κ3) is 2.79. The second kappa shape index (κ2) is 5.93. The van der Waals surface area contributed by atoms with Crippen molar-refractivity contribution in [1.82, 2.24) is 9.78 Å². The van der Waals surface area contributed by atoms with Crippen molar-refractivity contribution in [3.63, 3.8) is 0 Å². The first-order valence-electron chi connectivity index (χ1n) is 7.60. The van der Waals surface area contributed by atoms with Crippen LogP contribution in [-0.4, -0.2) is 14.9 Å². The normalized spacial score (nSPS) is 15.2. The Hall–Kier alpha value is -1.13. The maximum atomic E-state index is 10.6. The van der Waals surface area contributed by atoms with Crippen LogP contribution in [0.1, 0.15) is 47.5 Å². The van der Waals surface area contributed by atoms with Crippen molar-refractivity contribution in [2.45, 2.75) is 45.1 Å². The van der Waals surface area contributed by atoms with Crippen molar-refractivity contribution in [2.24, 2.45) is 7.05 Å². The number of hydrogen-bond donors (Lipinski definition) is 1. The summed E-state index contributed by atoms with van der Waals surface area (Å²) in [6.07, 6.45) is 4.56. The Morgan fingerprint density at radius 3 is 2.81 bits per heavy atom. The van der Waals surface area contributed by atoms with Gasteiger partial charge in [-0.15, -0.1) is 0 Å². The number of aliphatic hydroxyl groups excluding tert-OH is 1. The number of hydrogen-bond acceptors (Lipinski definition) is 2. The van der Waals surface area contributed by atoms with E-state index in [2.05, 4.69) is 46.2 Å². The summed E-state index contributed by atoms with van der Waals surface area (Å²) in [7, 11) is 1.94. The first-order chi connectivity index (χ1) is 10.1. The molecule has 1 aromatic carbocycles. The van der Waals surface area contributed by atoms with Crippen LogP contribution in [0.2, 0.25) is 0 Å². The Balaban J connectivity index is 1.83. The lowest BCUT2D eigenvalue weighted by molar-refractivity contribution is 0.175. The fourth-order valence-corrected chi connectivity index (χ4v) is 3.92. The van der Waals surface area contributed by atoms with Crippen molar-refractivity contribution >= 4 is 15.9 Å². The van der Waals surface area contributed by atoms with Crippen LogP contribution >= 0.6 is 15.9 Å². The van der Waals surface area contributed by atoms with Gasteiger partial charge in [0.05, 0.1) is 22.0 Å². The maximum Gasteiger partial charge on any atom is 0.0845 e. The molecule has 1 N–H and O–H groups in total. The SMILES string of the molecule is CCc1nn(C)c(CC(O)c2ccc3c(c2)CCC3)c1Br. The summed E-state index contributed by atoms with van der Waals surface area (Å²) in [5, 5.41) is 15.1. The van der Waals surface area contributed by atoms with E-state index in [1.165, 1.54) is 24.0 Å². The quantitative estimate of drug-likeness (QED) is 0.917. The van der Waals surface area contributed by atoms with Crippen molar-refractivity contribution < 1.29 is 5.11 Å². The summed E-state index contributed by atoms with van der Waals surface area (Å²) in [6.45, 7) is 2.09. The molecule has 112 valence electrons. The zero-order chi connectivity index (χ0) is 15.0. The number of rotatable bonds is 4. The van der Waals surface area contributed by atoms with Gasteiger partial charge in [0.2, 0.25) is 0 Å². The minimum atomic E-state index is -0.479. The molecule has 1 aliphatic carbocycles. The van der Waals surface area contributed by atoms with Crippen molar-refractivity contribution in [1.29, 1.82) is 0 Å². The molecule has 0 fully saturated rings. The fourth-order valence-electron chi connectivity index (χ4n) is 3.14. The molecule has 0 saturated heterocycles. The molecule has 4 heteroatoms. The topological polar surface area (TPSA) is 38.0 Å². The van der Waals surface area contributed by atoms with Crippen molar-refractivity contribution in [3.05, 3.63) is 50.8 Å². The predicted molar refractivity (Wildman–Crippen MR) is 87.4 cm³/mol. The standard InChI is InChI=1S/C17H21BrN2O/c1-3-14-17(18)15(20(2)19-14)10-16(21)13-8-7-11-5-4-6-12(11)9-13/h7-9,16,21H,3-6,10H2,1-2H3. The Morgan fingerprint density at radius 1 is 1.33 bits per heavy atom. The van der Waals surface area contributed by atoms with Gasteiger partial charge >= 0.3 is 0 Å². The molecule has 3 rings (SSSR count). The Labute approximate surface area is 134 Å². The van der Waals surface area contributed by atoms with E-state index in [9.17, 15) is 5.11 Å². The zero-order valence-corrected chi connectivity index (χ0v) is 14.2. The molecule has 0 amide bonds. The number of benzene rings is 1. The molecule has 0 aliphatic heterocycles. The van der Waals surface area contributed by atoms with E-state index >= 15 is 0 Å². The number of halogens is 1. The van der Waals surface area contributed by atoms with E-state index in [1.807, 2.05) is 11.7 Å². The first kappa shape index (κ1) is 14.8. The maximum absolute atomic E-state index is 10.6. The van der Waals surface area contributed by atoms with Crippen LogP contribution in [0.25, 0.3) is 0 Å². The van der Waals surface area contributed by atoms with E-state index in [0.717, 1.165) is 34.3 Å². The van der Waals surface area contributed by atoms with E-state index in [0.29, 0.717) is 6.42 Å². The highest BCUT2D eigenvalue weighted by Crippen LogP contribution is 2.29. The van der Waals surface area contributed by atoms with Gasteiger partial charge < -0.3 is 5.11 Å². The van der Waals surface area contributed by atoms with Gasteiger partial charge in [-0.1, -0.05) is 25.1 Å². The molecular weight excluding hydrogens is 328 g/mol. The van der Waals surface area contributed by atoms with Gasteiger partial charge in [0.25, 0.3) is 0 Å². The lowest BCUT2D eigenvalue weighted by atomic mass is 10.00. The Kier molecular flexibility index (Phi) is 4.18. The Morgan fingerprint density at radius 2 is 2.10 bits per heavy atom. The highest BCUT2D eigenvalue weighted by molar-refractivity contribution is 9.10. The van der Waals surface area contributed by atoms with Crippen LogP contribution in [0, 0.1) is 0 Å². The molecule has 0 bridgehead atoms. The van der Waals surface area contributed by atoms with Gasteiger partial charge in [-0.05, 0) is 58.3 Å². The fraction of sp³-hybridized carbons (Fsp3) is 0.471. The van der Waals surface area contributed by atoms with Crippen LogP contribution in [0.4, 0.5) is 0 Å². The second-order valence-corrected chi connectivity index (χ2v) is 6.58. The minimum Gasteiger partial charge on any atom is -0.388 e. The van der Waals surface area contributed by atoms with E-state index in [4.69, 9.17) is 0 Å². The van der Waals surface area contributed by atoms with Gasteiger partial charge in [-0.2, -0.15) is 5.10 Å². The molecule has 0 spiro atoms. The lowest BCUT2D eigenvalue weighted by Gasteiger charge is -2.13. The molecular formula is C17H21BrN2O. The molecule has 1 aliphatic rings. The summed E-state index contributed by atoms with van der Waals surface area (Å²) < 4.78 is 2.91.